The highest BCUT2D eigenvalue weighted by molar-refractivity contribution is 5.98. The Morgan fingerprint density at radius 1 is 0.931 bits per heavy atom. The second kappa shape index (κ2) is 8.56. The third-order valence-electron chi connectivity index (χ3n) is 6.63. The number of amides is 2. The molecule has 6 nitrogen and oxygen atoms in total. The van der Waals surface area contributed by atoms with Crippen molar-refractivity contribution in [3.8, 4) is 0 Å². The predicted octanol–water partition coefficient (Wildman–Crippen LogP) is 3.91. The summed E-state index contributed by atoms with van der Waals surface area (Å²) < 4.78 is 5.64. The van der Waals surface area contributed by atoms with Crippen molar-refractivity contribution >= 4 is 23.5 Å². The number of rotatable bonds is 3. The van der Waals surface area contributed by atoms with Crippen LogP contribution in [0.25, 0.3) is 0 Å². The lowest BCUT2D eigenvalue weighted by molar-refractivity contribution is -0.153. The van der Waals surface area contributed by atoms with E-state index in [1.54, 1.807) is 24.3 Å². The molecule has 1 N–H and O–H groups in total. The fourth-order valence-corrected chi connectivity index (χ4v) is 5.01. The van der Waals surface area contributed by atoms with Gasteiger partial charge in [0.1, 0.15) is 5.60 Å². The smallest absolute Gasteiger partial charge is 0.307 e. The quantitative estimate of drug-likeness (QED) is 0.784. The maximum absolute atomic E-state index is 12.9. The Hall–Kier alpha value is -2.37. The Morgan fingerprint density at radius 2 is 1.55 bits per heavy atom. The Morgan fingerprint density at radius 3 is 2.21 bits per heavy atom. The van der Waals surface area contributed by atoms with Gasteiger partial charge >= 0.3 is 5.97 Å². The second-order valence-corrected chi connectivity index (χ2v) is 8.63. The summed E-state index contributed by atoms with van der Waals surface area (Å²) in [5.74, 6) is -0.816. The van der Waals surface area contributed by atoms with Crippen molar-refractivity contribution in [1.82, 2.24) is 4.90 Å². The Balaban J connectivity index is 1.41. The zero-order valence-corrected chi connectivity index (χ0v) is 17.0. The third-order valence-corrected chi connectivity index (χ3v) is 6.63. The van der Waals surface area contributed by atoms with E-state index in [0.717, 1.165) is 58.0 Å². The number of carbonyl (C=O) groups is 3. The van der Waals surface area contributed by atoms with Crippen LogP contribution in [0.15, 0.2) is 24.3 Å². The lowest BCUT2D eigenvalue weighted by Crippen LogP contribution is -2.43. The maximum Gasteiger partial charge on any atom is 0.307 e. The van der Waals surface area contributed by atoms with Crippen LogP contribution in [-0.4, -0.2) is 41.4 Å². The predicted molar refractivity (Wildman–Crippen MR) is 109 cm³/mol. The van der Waals surface area contributed by atoms with Gasteiger partial charge in [0.05, 0.1) is 12.3 Å². The van der Waals surface area contributed by atoms with E-state index in [9.17, 15) is 14.4 Å². The van der Waals surface area contributed by atoms with Crippen LogP contribution in [0.4, 0.5) is 5.69 Å². The summed E-state index contributed by atoms with van der Waals surface area (Å²) in [5.41, 5.74) is 0.669. The van der Waals surface area contributed by atoms with Crippen molar-refractivity contribution in [2.45, 2.75) is 69.8 Å². The zero-order chi connectivity index (χ0) is 20.3. The van der Waals surface area contributed by atoms with Crippen molar-refractivity contribution in [1.29, 1.82) is 0 Å². The van der Waals surface area contributed by atoms with Crippen LogP contribution in [0.5, 0.6) is 0 Å². The molecule has 0 bridgehead atoms. The number of hydrogen-bond acceptors (Lipinski definition) is 4. The average molecular weight is 399 g/mol. The number of anilines is 1. The molecule has 1 spiro atoms. The van der Waals surface area contributed by atoms with Gasteiger partial charge in [0.2, 0.25) is 5.91 Å². The van der Waals surface area contributed by atoms with Crippen molar-refractivity contribution < 1.29 is 19.1 Å². The van der Waals surface area contributed by atoms with Crippen molar-refractivity contribution in [2.75, 3.05) is 18.4 Å². The van der Waals surface area contributed by atoms with E-state index in [1.807, 2.05) is 4.90 Å². The number of benzene rings is 1. The van der Waals surface area contributed by atoms with E-state index in [1.165, 1.54) is 12.8 Å². The summed E-state index contributed by atoms with van der Waals surface area (Å²) >= 11 is 0. The Bertz CT molecular complexity index is 760. The van der Waals surface area contributed by atoms with Crippen LogP contribution in [0.3, 0.4) is 0 Å². The van der Waals surface area contributed by atoms with Gasteiger partial charge in [-0.3, -0.25) is 14.4 Å². The van der Waals surface area contributed by atoms with Crippen LogP contribution in [-0.2, 0) is 14.3 Å². The van der Waals surface area contributed by atoms with Gasteiger partial charge in [-0.15, -0.1) is 0 Å². The van der Waals surface area contributed by atoms with Crippen LogP contribution < -0.4 is 5.32 Å². The molecule has 1 aliphatic carbocycles. The van der Waals surface area contributed by atoms with E-state index in [0.29, 0.717) is 11.3 Å². The number of likely N-dealkylation sites (tertiary alicyclic amines) is 1. The zero-order valence-electron chi connectivity index (χ0n) is 17.0. The summed E-state index contributed by atoms with van der Waals surface area (Å²) in [7, 11) is 0. The maximum atomic E-state index is 12.9. The van der Waals surface area contributed by atoms with Crippen LogP contribution in [0.2, 0.25) is 0 Å². The standard InChI is InChI=1S/C23H30N2O4/c26-20-16-19(23(29-20)12-4-3-5-13-23)21(27)24-18-10-8-17(9-11-18)22(28)25-14-6-1-2-7-15-25/h8-11,19H,1-7,12-16H2,(H,24,27)/t19-/m1/s1. The fourth-order valence-electron chi connectivity index (χ4n) is 5.01. The molecule has 6 heteroatoms. The number of esters is 1. The molecule has 1 saturated carbocycles. The fraction of sp³-hybridized carbons (Fsp3) is 0.609. The molecule has 2 saturated heterocycles. The molecular formula is C23H30N2O4. The molecule has 0 radical (unpaired) electrons. The van der Waals surface area contributed by atoms with Gasteiger partial charge in [-0.25, -0.2) is 0 Å². The molecule has 2 heterocycles. The first-order chi connectivity index (χ1) is 14.1. The van der Waals surface area contributed by atoms with E-state index < -0.39 is 11.5 Å². The van der Waals surface area contributed by atoms with Crippen LogP contribution >= 0.6 is 0 Å². The topological polar surface area (TPSA) is 75.7 Å². The molecular weight excluding hydrogens is 368 g/mol. The molecule has 2 amide bonds. The van der Waals surface area contributed by atoms with E-state index in [-0.39, 0.29) is 24.2 Å². The normalized spacial score (nSPS) is 24.1. The Kier molecular flexibility index (Phi) is 5.88. The molecule has 1 aromatic rings. The number of ether oxygens (including phenoxy) is 1. The largest absolute Gasteiger partial charge is 0.458 e. The van der Waals surface area contributed by atoms with Gasteiger partial charge in [0, 0.05) is 24.3 Å². The van der Waals surface area contributed by atoms with Gasteiger partial charge in [-0.1, -0.05) is 19.3 Å². The molecule has 0 unspecified atom stereocenters. The highest BCUT2D eigenvalue weighted by Gasteiger charge is 2.52. The van der Waals surface area contributed by atoms with Crippen molar-refractivity contribution in [3.05, 3.63) is 29.8 Å². The highest BCUT2D eigenvalue weighted by Crippen LogP contribution is 2.44. The molecule has 4 rings (SSSR count). The molecule has 0 aromatic heterocycles. The van der Waals surface area contributed by atoms with E-state index in [4.69, 9.17) is 4.74 Å². The molecule has 156 valence electrons. The molecule has 2 aliphatic heterocycles. The number of nitrogens with zero attached hydrogens (tertiary/aromatic N) is 1. The minimum absolute atomic E-state index is 0.0562. The van der Waals surface area contributed by atoms with Gasteiger partial charge < -0.3 is 15.0 Å². The van der Waals surface area contributed by atoms with E-state index >= 15 is 0 Å². The molecule has 1 aromatic carbocycles. The van der Waals surface area contributed by atoms with Gasteiger partial charge in [0.25, 0.3) is 5.91 Å². The summed E-state index contributed by atoms with van der Waals surface area (Å²) in [6, 6.07) is 7.09. The number of carbonyl (C=O) groups excluding carboxylic acids is 3. The first-order valence-corrected chi connectivity index (χ1v) is 11.0. The first-order valence-electron chi connectivity index (χ1n) is 11.0. The summed E-state index contributed by atoms with van der Waals surface area (Å²) in [4.78, 5) is 39.5. The minimum Gasteiger partial charge on any atom is -0.458 e. The first kappa shape index (κ1) is 19.9. The average Bonchev–Trinajstić information content (AvgIpc) is 2.90. The van der Waals surface area contributed by atoms with Gasteiger partial charge in [0.15, 0.2) is 0 Å². The molecule has 3 aliphatic rings. The Labute approximate surface area is 172 Å². The molecule has 29 heavy (non-hydrogen) atoms. The summed E-state index contributed by atoms with van der Waals surface area (Å²) in [5, 5.41) is 2.94. The second-order valence-electron chi connectivity index (χ2n) is 8.63. The van der Waals surface area contributed by atoms with Crippen molar-refractivity contribution in [3.63, 3.8) is 0 Å². The summed E-state index contributed by atoms with van der Waals surface area (Å²) in [6.07, 6.45) is 9.27. The van der Waals surface area contributed by atoms with Gasteiger partial charge in [-0.2, -0.15) is 0 Å². The third kappa shape index (κ3) is 4.31. The van der Waals surface area contributed by atoms with Crippen LogP contribution in [0, 0.1) is 5.92 Å². The number of hydrogen-bond donors (Lipinski definition) is 1. The van der Waals surface area contributed by atoms with Crippen molar-refractivity contribution in [2.24, 2.45) is 5.92 Å². The SMILES string of the molecule is O=C1C[C@H](C(=O)Nc2ccc(C(=O)N3CCCCCC3)cc2)C2(CCCCC2)O1. The van der Waals surface area contributed by atoms with Crippen LogP contribution in [0.1, 0.15) is 74.6 Å². The summed E-state index contributed by atoms with van der Waals surface area (Å²) in [6.45, 7) is 1.63. The molecule has 3 fully saturated rings. The van der Waals surface area contributed by atoms with Gasteiger partial charge in [-0.05, 0) is 62.8 Å². The molecule has 1 atom stereocenters. The van der Waals surface area contributed by atoms with E-state index in [2.05, 4.69) is 5.32 Å². The monoisotopic (exact) mass is 398 g/mol. The lowest BCUT2D eigenvalue weighted by Gasteiger charge is -2.36. The number of nitrogens with one attached hydrogen (secondary N) is 1. The minimum atomic E-state index is -0.623. The highest BCUT2D eigenvalue weighted by atomic mass is 16.6. The lowest BCUT2D eigenvalue weighted by atomic mass is 9.75.